The van der Waals surface area contributed by atoms with Crippen LogP contribution in [-0.4, -0.2) is 0 Å². The minimum Gasteiger partial charge on any atom is -0.0616 e. The van der Waals surface area contributed by atoms with E-state index in [1.165, 1.54) is 38.2 Å². The third-order valence-electron chi connectivity index (χ3n) is 4.99. The molecule has 0 atom stereocenters. The Bertz CT molecular complexity index is 1110. The normalized spacial score (nSPS) is 13.0. The smallest absolute Gasteiger partial charge is 0.00201 e. The van der Waals surface area contributed by atoms with Gasteiger partial charge in [0.05, 0.1) is 0 Å². The number of hydrogen-bond acceptors (Lipinski definition) is 0. The molecule has 1 aliphatic carbocycles. The Hall–Kier alpha value is -3.38. The summed E-state index contributed by atoms with van der Waals surface area (Å²) in [6.07, 6.45) is 9.63. The maximum absolute atomic E-state index is 3.43. The molecule has 0 bridgehead atoms. The van der Waals surface area contributed by atoms with Crippen LogP contribution in [0.5, 0.6) is 0 Å². The van der Waals surface area contributed by atoms with Crippen LogP contribution in [0.1, 0.15) is 11.1 Å². The molecule has 0 nitrogen and oxygen atoms in total. The van der Waals surface area contributed by atoms with E-state index in [1.807, 2.05) is 6.08 Å². The van der Waals surface area contributed by atoms with Gasteiger partial charge in [-0.15, -0.1) is 0 Å². The molecule has 0 unspecified atom stereocenters. The Kier molecular flexibility index (Phi) is 3.54. The number of fused-ring (bicyclic) bond motifs is 2. The maximum atomic E-state index is 3.43. The summed E-state index contributed by atoms with van der Waals surface area (Å²) >= 11 is 0. The van der Waals surface area contributed by atoms with E-state index in [-0.39, 0.29) is 0 Å². The third kappa shape index (κ3) is 2.39. The molecule has 121 valence electrons. The second-order valence-electron chi connectivity index (χ2n) is 6.51. The molecule has 0 saturated carbocycles. The van der Waals surface area contributed by atoms with Crippen LogP contribution in [-0.2, 0) is 0 Å². The fourth-order valence-corrected chi connectivity index (χ4v) is 3.81. The van der Waals surface area contributed by atoms with Crippen molar-refractivity contribution in [3.63, 3.8) is 0 Å². The summed E-state index contributed by atoms with van der Waals surface area (Å²) in [5.41, 5.74) is 4.88. The minimum atomic E-state index is 1.14. The van der Waals surface area contributed by atoms with Crippen molar-refractivity contribution in [2.75, 3.05) is 0 Å². The monoisotopic (exact) mass is 329 g/mol. The molecule has 0 spiro atoms. The average molecular weight is 329 g/mol. The molecule has 5 rings (SSSR count). The highest BCUT2D eigenvalue weighted by atomic mass is 14.2. The fourth-order valence-electron chi connectivity index (χ4n) is 3.81. The van der Waals surface area contributed by atoms with Crippen LogP contribution in [0, 0.1) is 6.08 Å². The van der Waals surface area contributed by atoms with Crippen molar-refractivity contribution in [3.8, 4) is 0 Å². The highest BCUT2D eigenvalue weighted by Gasteiger charge is 2.15. The largest absolute Gasteiger partial charge is 0.0616 e. The first-order chi connectivity index (χ1) is 12.9. The summed E-state index contributed by atoms with van der Waals surface area (Å²) in [4.78, 5) is 0. The first-order valence-electron chi connectivity index (χ1n) is 8.89. The summed E-state index contributed by atoms with van der Waals surface area (Å²) < 4.78 is 0. The Balaban J connectivity index is 1.90. The molecular formula is C26H17. The van der Waals surface area contributed by atoms with Gasteiger partial charge >= 0.3 is 0 Å². The molecule has 0 fully saturated rings. The molecule has 0 aromatic heterocycles. The van der Waals surface area contributed by atoms with E-state index in [0.29, 0.717) is 0 Å². The Labute approximate surface area is 153 Å². The summed E-state index contributed by atoms with van der Waals surface area (Å²) in [6, 6.07) is 30.3. The minimum absolute atomic E-state index is 1.14. The lowest BCUT2D eigenvalue weighted by Crippen LogP contribution is -1.94. The molecule has 1 radical (unpaired) electrons. The first kappa shape index (κ1) is 14.9. The van der Waals surface area contributed by atoms with Gasteiger partial charge in [-0.2, -0.15) is 0 Å². The lowest BCUT2D eigenvalue weighted by molar-refractivity contribution is 1.57. The van der Waals surface area contributed by atoms with Gasteiger partial charge in [0, 0.05) is 0 Å². The van der Waals surface area contributed by atoms with Crippen molar-refractivity contribution >= 4 is 27.1 Å². The van der Waals surface area contributed by atoms with Crippen LogP contribution >= 0.6 is 0 Å². The van der Waals surface area contributed by atoms with Gasteiger partial charge in [0.1, 0.15) is 0 Å². The van der Waals surface area contributed by atoms with Crippen LogP contribution in [0.15, 0.2) is 109 Å². The third-order valence-corrected chi connectivity index (χ3v) is 4.99. The van der Waals surface area contributed by atoms with E-state index < -0.39 is 0 Å². The van der Waals surface area contributed by atoms with Gasteiger partial charge in [-0.3, -0.25) is 0 Å². The van der Waals surface area contributed by atoms with Crippen LogP contribution in [0.2, 0.25) is 0 Å². The topological polar surface area (TPSA) is 0 Å². The zero-order valence-electron chi connectivity index (χ0n) is 14.3. The highest BCUT2D eigenvalue weighted by Crippen LogP contribution is 2.37. The standard InChI is InChI=1S/C26H17/c1-2-12-21(11-1)26(24-17-7-13-19-9-3-5-15-22(19)24)25-18-8-14-20-10-4-6-16-23(20)25/h1-11,13-18H. The number of allylic oxidation sites excluding steroid dienone is 5. The van der Waals surface area contributed by atoms with Crippen LogP contribution in [0.4, 0.5) is 0 Å². The predicted molar refractivity (Wildman–Crippen MR) is 111 cm³/mol. The van der Waals surface area contributed by atoms with Gasteiger partial charge in [-0.05, 0) is 49.9 Å². The maximum Gasteiger partial charge on any atom is -0.00201 e. The molecular weight excluding hydrogens is 312 g/mol. The molecule has 0 amide bonds. The van der Waals surface area contributed by atoms with Gasteiger partial charge < -0.3 is 0 Å². The second-order valence-corrected chi connectivity index (χ2v) is 6.51. The van der Waals surface area contributed by atoms with Crippen LogP contribution in [0.25, 0.3) is 27.1 Å². The molecule has 4 aromatic carbocycles. The van der Waals surface area contributed by atoms with Gasteiger partial charge in [-0.1, -0.05) is 103 Å². The van der Waals surface area contributed by atoms with Crippen molar-refractivity contribution in [1.29, 1.82) is 0 Å². The summed E-state index contributed by atoms with van der Waals surface area (Å²) in [5, 5.41) is 5.06. The second kappa shape index (κ2) is 6.16. The van der Waals surface area contributed by atoms with Crippen LogP contribution < -0.4 is 0 Å². The molecule has 0 heterocycles. The quantitative estimate of drug-likeness (QED) is 0.383. The van der Waals surface area contributed by atoms with E-state index in [2.05, 4.69) is 103 Å². The molecule has 0 N–H and O–H groups in total. The molecule has 0 aliphatic heterocycles. The zero-order chi connectivity index (χ0) is 17.3. The number of benzene rings is 4. The van der Waals surface area contributed by atoms with Crippen molar-refractivity contribution in [1.82, 2.24) is 0 Å². The molecule has 26 heavy (non-hydrogen) atoms. The fraction of sp³-hybridized carbons (Fsp3) is 0. The Morgan fingerprint density at radius 2 is 1.12 bits per heavy atom. The summed E-state index contributed by atoms with van der Waals surface area (Å²) in [5.74, 6) is 0. The van der Waals surface area contributed by atoms with Crippen molar-refractivity contribution in [2.45, 2.75) is 0 Å². The SMILES string of the molecule is [C]1=CC=CC1=C(c1cccc2ccccc12)c1cccc2ccccc12. The molecule has 1 aliphatic rings. The summed E-state index contributed by atoms with van der Waals surface area (Å²) in [6.45, 7) is 0. The van der Waals surface area contributed by atoms with E-state index in [0.717, 1.165) is 5.57 Å². The first-order valence-corrected chi connectivity index (χ1v) is 8.89. The number of hydrogen-bond donors (Lipinski definition) is 0. The van der Waals surface area contributed by atoms with Crippen LogP contribution in [0.3, 0.4) is 0 Å². The number of rotatable bonds is 2. The van der Waals surface area contributed by atoms with Crippen molar-refractivity contribution in [2.24, 2.45) is 0 Å². The summed E-state index contributed by atoms with van der Waals surface area (Å²) in [7, 11) is 0. The van der Waals surface area contributed by atoms with Crippen molar-refractivity contribution in [3.05, 3.63) is 126 Å². The average Bonchev–Trinajstić information content (AvgIpc) is 3.23. The molecule has 0 saturated heterocycles. The van der Waals surface area contributed by atoms with Gasteiger partial charge in [-0.25, -0.2) is 0 Å². The van der Waals surface area contributed by atoms with Crippen molar-refractivity contribution < 1.29 is 0 Å². The molecule has 0 heteroatoms. The van der Waals surface area contributed by atoms with E-state index in [4.69, 9.17) is 0 Å². The van der Waals surface area contributed by atoms with E-state index in [9.17, 15) is 0 Å². The predicted octanol–water partition coefficient (Wildman–Crippen LogP) is 6.72. The Morgan fingerprint density at radius 1 is 0.577 bits per heavy atom. The van der Waals surface area contributed by atoms with Gasteiger partial charge in [0.25, 0.3) is 0 Å². The van der Waals surface area contributed by atoms with E-state index >= 15 is 0 Å². The highest BCUT2D eigenvalue weighted by molar-refractivity contribution is 6.05. The van der Waals surface area contributed by atoms with Gasteiger partial charge in [0.15, 0.2) is 0 Å². The molecule has 4 aromatic rings. The Morgan fingerprint density at radius 3 is 1.65 bits per heavy atom. The zero-order valence-corrected chi connectivity index (χ0v) is 14.3. The van der Waals surface area contributed by atoms with E-state index in [1.54, 1.807) is 0 Å². The van der Waals surface area contributed by atoms with Gasteiger partial charge in [0.2, 0.25) is 0 Å². The lowest BCUT2D eigenvalue weighted by atomic mass is 9.87. The lowest BCUT2D eigenvalue weighted by Gasteiger charge is -2.16.